The number of piperidine rings is 1. The first-order valence-electron chi connectivity index (χ1n) is 12.2. The Bertz CT molecular complexity index is 925. The third-order valence-corrected chi connectivity index (χ3v) is 7.50. The molecule has 1 aliphatic heterocycles. The zero-order valence-corrected chi connectivity index (χ0v) is 19.6. The molecule has 1 N–H and O–H groups in total. The van der Waals surface area contributed by atoms with Crippen molar-refractivity contribution in [3.8, 4) is 0 Å². The Balaban J connectivity index is 1.70. The minimum atomic E-state index is -0.385. The monoisotopic (exact) mass is 426 g/mol. The van der Waals surface area contributed by atoms with Crippen molar-refractivity contribution < 1.29 is 9.90 Å². The number of rotatable bonds is 6. The van der Waals surface area contributed by atoms with Crippen LogP contribution in [0.25, 0.3) is 5.65 Å². The van der Waals surface area contributed by atoms with Gasteiger partial charge >= 0.3 is 0 Å². The Hall–Kier alpha value is -1.95. The number of aliphatic hydroxyl groups excluding tert-OH is 1. The summed E-state index contributed by atoms with van der Waals surface area (Å²) in [7, 11) is 0. The van der Waals surface area contributed by atoms with Crippen LogP contribution in [0.1, 0.15) is 107 Å². The molecule has 2 aliphatic rings. The Labute approximate surface area is 186 Å². The van der Waals surface area contributed by atoms with E-state index in [1.54, 1.807) is 0 Å². The van der Waals surface area contributed by atoms with Gasteiger partial charge in [-0.3, -0.25) is 4.79 Å². The number of hydrogen-bond acceptors (Lipinski definition) is 4. The van der Waals surface area contributed by atoms with Crippen molar-refractivity contribution in [1.82, 2.24) is 19.5 Å². The molecule has 1 atom stereocenters. The molecule has 6 heteroatoms. The lowest BCUT2D eigenvalue weighted by Crippen LogP contribution is -2.54. The second kappa shape index (κ2) is 8.89. The number of nitrogens with zero attached hydrogens (tertiary/aromatic N) is 4. The van der Waals surface area contributed by atoms with Gasteiger partial charge in [-0.25, -0.2) is 9.50 Å². The van der Waals surface area contributed by atoms with Crippen molar-refractivity contribution in [2.24, 2.45) is 5.92 Å². The van der Waals surface area contributed by atoms with Crippen LogP contribution in [0.4, 0.5) is 0 Å². The molecule has 1 aliphatic carbocycles. The molecule has 0 aromatic carbocycles. The van der Waals surface area contributed by atoms with E-state index in [-0.39, 0.29) is 17.6 Å². The van der Waals surface area contributed by atoms with Gasteiger partial charge in [-0.15, -0.1) is 0 Å². The van der Waals surface area contributed by atoms with Crippen LogP contribution < -0.4 is 0 Å². The lowest BCUT2D eigenvalue weighted by atomic mass is 9.88. The van der Waals surface area contributed by atoms with Gasteiger partial charge in [0, 0.05) is 35.5 Å². The van der Waals surface area contributed by atoms with Crippen LogP contribution in [-0.4, -0.2) is 48.7 Å². The largest absolute Gasteiger partial charge is 0.393 e. The third-order valence-electron chi connectivity index (χ3n) is 7.50. The lowest BCUT2D eigenvalue weighted by molar-refractivity contribution is 0.00290. The van der Waals surface area contributed by atoms with Crippen molar-refractivity contribution in [2.45, 2.75) is 103 Å². The molecule has 2 fully saturated rings. The number of aromatic nitrogens is 3. The van der Waals surface area contributed by atoms with E-state index in [1.807, 2.05) is 29.3 Å². The van der Waals surface area contributed by atoms with E-state index in [4.69, 9.17) is 10.1 Å². The number of carbonyl (C=O) groups is 1. The Morgan fingerprint density at radius 1 is 1.19 bits per heavy atom. The van der Waals surface area contributed by atoms with Crippen molar-refractivity contribution in [1.29, 1.82) is 0 Å². The van der Waals surface area contributed by atoms with E-state index in [1.165, 1.54) is 31.4 Å². The average Bonchev–Trinajstić information content (AvgIpc) is 3.37. The van der Waals surface area contributed by atoms with E-state index in [9.17, 15) is 9.90 Å². The number of hydrogen-bond donors (Lipinski definition) is 1. The predicted octanol–water partition coefficient (Wildman–Crippen LogP) is 4.74. The van der Waals surface area contributed by atoms with Crippen LogP contribution in [0.15, 0.2) is 12.1 Å². The van der Waals surface area contributed by atoms with Gasteiger partial charge in [0.05, 0.1) is 6.10 Å². The standard InChI is InChI=1S/C25H38N4O2/c1-5-18(6-2)22-14-19(13-17-9-7-8-10-17)26-23-15-21(27-29(22)23)24(31)28-12-11-20(30)16-25(28,3)4/h14-15,17-18,20,30H,5-13,16H2,1-4H3. The molecular formula is C25H38N4O2. The van der Waals surface area contributed by atoms with Crippen molar-refractivity contribution in [3.05, 3.63) is 29.2 Å². The summed E-state index contributed by atoms with van der Waals surface area (Å²) < 4.78 is 1.91. The fourth-order valence-corrected chi connectivity index (χ4v) is 5.65. The summed E-state index contributed by atoms with van der Waals surface area (Å²) in [6.07, 6.45) is 9.22. The van der Waals surface area contributed by atoms with Gasteiger partial charge in [0.2, 0.25) is 0 Å². The van der Waals surface area contributed by atoms with E-state index in [0.29, 0.717) is 31.0 Å². The molecule has 31 heavy (non-hydrogen) atoms. The van der Waals surface area contributed by atoms with Gasteiger partial charge in [0.15, 0.2) is 11.3 Å². The Morgan fingerprint density at radius 3 is 2.55 bits per heavy atom. The van der Waals surface area contributed by atoms with E-state index >= 15 is 0 Å². The number of fused-ring (bicyclic) bond motifs is 1. The van der Waals surface area contributed by atoms with E-state index < -0.39 is 0 Å². The summed E-state index contributed by atoms with van der Waals surface area (Å²) in [6, 6.07) is 4.11. The molecule has 170 valence electrons. The zero-order chi connectivity index (χ0) is 22.2. The highest BCUT2D eigenvalue weighted by Crippen LogP contribution is 2.32. The minimum absolute atomic E-state index is 0.0600. The van der Waals surface area contributed by atoms with Gasteiger partial charge in [-0.1, -0.05) is 39.5 Å². The fraction of sp³-hybridized carbons (Fsp3) is 0.720. The highest BCUT2D eigenvalue weighted by atomic mass is 16.3. The lowest BCUT2D eigenvalue weighted by Gasteiger charge is -2.44. The normalized spacial score (nSPS) is 22.0. The maximum Gasteiger partial charge on any atom is 0.274 e. The predicted molar refractivity (Wildman–Crippen MR) is 122 cm³/mol. The Kier molecular flexibility index (Phi) is 6.38. The number of carbonyl (C=O) groups excluding carboxylic acids is 1. The molecule has 1 saturated carbocycles. The summed E-state index contributed by atoms with van der Waals surface area (Å²) in [5, 5.41) is 14.8. The maximum absolute atomic E-state index is 13.4. The van der Waals surface area contributed by atoms with Crippen molar-refractivity contribution in [2.75, 3.05) is 6.54 Å². The Morgan fingerprint density at radius 2 is 1.90 bits per heavy atom. The molecule has 0 radical (unpaired) electrons. The SMILES string of the molecule is CCC(CC)c1cc(CC2CCCC2)nc2cc(C(=O)N3CCC(O)CC3(C)C)nn12. The molecule has 1 amide bonds. The number of amides is 1. The zero-order valence-electron chi connectivity index (χ0n) is 19.6. The highest BCUT2D eigenvalue weighted by molar-refractivity contribution is 5.94. The molecule has 1 unspecified atom stereocenters. The van der Waals surface area contributed by atoms with Gasteiger partial charge in [-0.05, 0) is 57.9 Å². The second-order valence-corrected chi connectivity index (χ2v) is 10.3. The van der Waals surface area contributed by atoms with Crippen LogP contribution in [0.3, 0.4) is 0 Å². The average molecular weight is 427 g/mol. The first-order chi connectivity index (χ1) is 14.8. The summed E-state index contributed by atoms with van der Waals surface area (Å²) in [6.45, 7) is 9.04. The van der Waals surface area contributed by atoms with E-state index in [0.717, 1.165) is 36.5 Å². The number of aliphatic hydroxyl groups is 1. The summed E-state index contributed by atoms with van der Waals surface area (Å²) in [5.41, 5.74) is 3.18. The summed E-state index contributed by atoms with van der Waals surface area (Å²) >= 11 is 0. The van der Waals surface area contributed by atoms with Gasteiger partial charge in [0.25, 0.3) is 5.91 Å². The van der Waals surface area contributed by atoms with Crippen LogP contribution in [0.5, 0.6) is 0 Å². The molecular weight excluding hydrogens is 388 g/mol. The molecule has 0 bridgehead atoms. The van der Waals surface area contributed by atoms with Crippen LogP contribution in [0, 0.1) is 5.92 Å². The molecule has 2 aromatic rings. The van der Waals surface area contributed by atoms with Crippen LogP contribution in [0.2, 0.25) is 0 Å². The molecule has 1 saturated heterocycles. The molecule has 0 spiro atoms. The molecule has 3 heterocycles. The smallest absolute Gasteiger partial charge is 0.274 e. The first-order valence-corrected chi connectivity index (χ1v) is 12.2. The maximum atomic E-state index is 13.4. The van der Waals surface area contributed by atoms with Gasteiger partial charge < -0.3 is 10.0 Å². The highest BCUT2D eigenvalue weighted by Gasteiger charge is 2.38. The van der Waals surface area contributed by atoms with E-state index in [2.05, 4.69) is 19.9 Å². The van der Waals surface area contributed by atoms with Gasteiger partial charge in [-0.2, -0.15) is 5.10 Å². The minimum Gasteiger partial charge on any atom is -0.393 e. The topological polar surface area (TPSA) is 70.7 Å². The third kappa shape index (κ3) is 4.50. The fourth-order valence-electron chi connectivity index (χ4n) is 5.65. The second-order valence-electron chi connectivity index (χ2n) is 10.3. The molecule has 6 nitrogen and oxygen atoms in total. The van der Waals surface area contributed by atoms with Gasteiger partial charge in [0.1, 0.15) is 0 Å². The number of likely N-dealkylation sites (tertiary alicyclic amines) is 1. The van der Waals surface area contributed by atoms with Crippen LogP contribution >= 0.6 is 0 Å². The summed E-state index contributed by atoms with van der Waals surface area (Å²) in [5.74, 6) is 1.07. The first kappa shape index (κ1) is 22.3. The summed E-state index contributed by atoms with van der Waals surface area (Å²) in [4.78, 5) is 20.2. The van der Waals surface area contributed by atoms with Crippen molar-refractivity contribution in [3.63, 3.8) is 0 Å². The quantitative estimate of drug-likeness (QED) is 0.724. The molecule has 2 aromatic heterocycles. The van der Waals surface area contributed by atoms with Crippen molar-refractivity contribution >= 4 is 11.6 Å². The van der Waals surface area contributed by atoms with Crippen LogP contribution in [-0.2, 0) is 6.42 Å². The molecule has 4 rings (SSSR count).